The molecule has 17 heavy (non-hydrogen) atoms. The minimum atomic E-state index is -0.195. The molecular formula is C12H22N4O. The maximum atomic E-state index is 11.9. The van der Waals surface area contributed by atoms with E-state index in [0.29, 0.717) is 17.3 Å². The van der Waals surface area contributed by atoms with Crippen molar-refractivity contribution in [2.45, 2.75) is 39.7 Å². The van der Waals surface area contributed by atoms with Crippen LogP contribution in [0.5, 0.6) is 0 Å². The van der Waals surface area contributed by atoms with Crippen molar-refractivity contribution in [3.8, 4) is 0 Å². The van der Waals surface area contributed by atoms with Crippen LogP contribution in [0.1, 0.15) is 44.1 Å². The molecule has 1 unspecified atom stereocenters. The van der Waals surface area contributed by atoms with Gasteiger partial charge in [0, 0.05) is 19.3 Å². The second-order valence-corrected chi connectivity index (χ2v) is 4.95. The number of carbonyl (C=O) groups is 1. The van der Waals surface area contributed by atoms with Crippen LogP contribution >= 0.6 is 0 Å². The molecule has 1 aromatic heterocycles. The fourth-order valence-corrected chi connectivity index (χ4v) is 1.63. The zero-order valence-electron chi connectivity index (χ0n) is 11.0. The molecule has 0 saturated heterocycles. The first-order valence-electron chi connectivity index (χ1n) is 6.00. The highest BCUT2D eigenvalue weighted by molar-refractivity contribution is 5.97. The molecule has 3 N–H and O–H groups in total. The average Bonchev–Trinajstić information content (AvgIpc) is 2.55. The van der Waals surface area contributed by atoms with Crippen LogP contribution in [0.25, 0.3) is 0 Å². The Kier molecular flexibility index (Phi) is 4.54. The Hall–Kier alpha value is -1.52. The number of anilines is 1. The van der Waals surface area contributed by atoms with Gasteiger partial charge in [0.05, 0.1) is 5.69 Å². The Morgan fingerprint density at radius 2 is 2.12 bits per heavy atom. The highest BCUT2D eigenvalue weighted by Gasteiger charge is 2.16. The standard InChI is InChI=1S/C12H22N4O/c1-8(2)5-6-9(3)14-12(17)11-10(13)7-16(4)15-11/h7-9H,5-6,13H2,1-4H3,(H,14,17). The molecule has 1 amide bonds. The molecule has 0 aliphatic rings. The number of hydrogen-bond acceptors (Lipinski definition) is 3. The van der Waals surface area contributed by atoms with Gasteiger partial charge in [0.2, 0.25) is 0 Å². The zero-order valence-corrected chi connectivity index (χ0v) is 11.0. The Labute approximate surface area is 102 Å². The van der Waals surface area contributed by atoms with Gasteiger partial charge in [-0.05, 0) is 25.7 Å². The predicted octanol–water partition coefficient (Wildman–Crippen LogP) is 1.56. The lowest BCUT2D eigenvalue weighted by Gasteiger charge is -2.14. The molecule has 0 fully saturated rings. The summed E-state index contributed by atoms with van der Waals surface area (Å²) in [5, 5.41) is 6.95. The predicted molar refractivity (Wildman–Crippen MR) is 68.6 cm³/mol. The number of hydrogen-bond donors (Lipinski definition) is 2. The van der Waals surface area contributed by atoms with E-state index in [-0.39, 0.29) is 11.9 Å². The van der Waals surface area contributed by atoms with Crippen molar-refractivity contribution in [1.82, 2.24) is 15.1 Å². The number of aryl methyl sites for hydroxylation is 1. The summed E-state index contributed by atoms with van der Waals surface area (Å²) in [4.78, 5) is 11.9. The molecule has 0 bridgehead atoms. The number of aromatic nitrogens is 2. The van der Waals surface area contributed by atoms with Gasteiger partial charge in [0.15, 0.2) is 5.69 Å². The lowest BCUT2D eigenvalue weighted by atomic mass is 10.0. The summed E-state index contributed by atoms with van der Waals surface area (Å²) < 4.78 is 1.54. The summed E-state index contributed by atoms with van der Waals surface area (Å²) in [6.45, 7) is 6.34. The molecular weight excluding hydrogens is 216 g/mol. The smallest absolute Gasteiger partial charge is 0.274 e. The fourth-order valence-electron chi connectivity index (χ4n) is 1.63. The van der Waals surface area contributed by atoms with E-state index in [1.54, 1.807) is 17.9 Å². The van der Waals surface area contributed by atoms with E-state index < -0.39 is 0 Å². The van der Waals surface area contributed by atoms with E-state index in [9.17, 15) is 4.79 Å². The van der Waals surface area contributed by atoms with Gasteiger partial charge in [-0.2, -0.15) is 5.10 Å². The van der Waals surface area contributed by atoms with Gasteiger partial charge in [-0.15, -0.1) is 0 Å². The molecule has 0 aliphatic heterocycles. The summed E-state index contributed by atoms with van der Waals surface area (Å²) in [5.41, 5.74) is 6.42. The maximum Gasteiger partial charge on any atom is 0.274 e. The largest absolute Gasteiger partial charge is 0.396 e. The van der Waals surface area contributed by atoms with Crippen LogP contribution in [0.15, 0.2) is 6.20 Å². The third-order valence-electron chi connectivity index (χ3n) is 2.63. The molecule has 1 heterocycles. The first-order valence-corrected chi connectivity index (χ1v) is 6.00. The molecule has 0 spiro atoms. The van der Waals surface area contributed by atoms with Crippen molar-refractivity contribution in [3.05, 3.63) is 11.9 Å². The minimum Gasteiger partial charge on any atom is -0.396 e. The third kappa shape index (κ3) is 4.09. The maximum absolute atomic E-state index is 11.9. The molecule has 96 valence electrons. The number of nitrogens with one attached hydrogen (secondary N) is 1. The molecule has 5 heteroatoms. The van der Waals surface area contributed by atoms with E-state index in [4.69, 9.17) is 5.73 Å². The Bertz CT molecular complexity index is 384. The molecule has 1 atom stereocenters. The molecule has 1 rings (SSSR count). The van der Waals surface area contributed by atoms with Crippen LogP contribution in [0, 0.1) is 5.92 Å². The number of nitrogens with zero attached hydrogens (tertiary/aromatic N) is 2. The van der Waals surface area contributed by atoms with Crippen molar-refractivity contribution >= 4 is 11.6 Å². The van der Waals surface area contributed by atoms with Crippen molar-refractivity contribution in [2.75, 3.05) is 5.73 Å². The summed E-state index contributed by atoms with van der Waals surface area (Å²) in [5.74, 6) is 0.452. The summed E-state index contributed by atoms with van der Waals surface area (Å²) >= 11 is 0. The number of nitrogen functional groups attached to an aromatic ring is 1. The second-order valence-electron chi connectivity index (χ2n) is 4.95. The Morgan fingerprint density at radius 1 is 1.47 bits per heavy atom. The van der Waals surface area contributed by atoms with Gasteiger partial charge in [-0.3, -0.25) is 9.48 Å². The molecule has 0 radical (unpaired) electrons. The molecule has 0 saturated carbocycles. The number of carbonyl (C=O) groups excluding carboxylic acids is 1. The van der Waals surface area contributed by atoms with E-state index in [2.05, 4.69) is 24.3 Å². The third-order valence-corrected chi connectivity index (χ3v) is 2.63. The van der Waals surface area contributed by atoms with Crippen LogP contribution < -0.4 is 11.1 Å². The number of rotatable bonds is 5. The number of amides is 1. The molecule has 5 nitrogen and oxygen atoms in total. The molecule has 0 aliphatic carbocycles. The van der Waals surface area contributed by atoms with E-state index in [1.807, 2.05) is 6.92 Å². The lowest BCUT2D eigenvalue weighted by molar-refractivity contribution is 0.0932. The Balaban J connectivity index is 2.51. The minimum absolute atomic E-state index is 0.145. The molecule has 0 aromatic carbocycles. The van der Waals surface area contributed by atoms with Crippen LogP contribution in [-0.2, 0) is 7.05 Å². The molecule has 1 aromatic rings. The van der Waals surface area contributed by atoms with E-state index in [0.717, 1.165) is 12.8 Å². The van der Waals surface area contributed by atoms with Crippen molar-refractivity contribution in [3.63, 3.8) is 0 Å². The van der Waals surface area contributed by atoms with Crippen LogP contribution in [0.2, 0.25) is 0 Å². The summed E-state index contributed by atoms with van der Waals surface area (Å²) in [6.07, 6.45) is 3.70. The van der Waals surface area contributed by atoms with Gasteiger partial charge >= 0.3 is 0 Å². The monoisotopic (exact) mass is 238 g/mol. The SMILES string of the molecule is CC(C)CCC(C)NC(=O)c1nn(C)cc1N. The second kappa shape index (κ2) is 5.70. The highest BCUT2D eigenvalue weighted by Crippen LogP contribution is 2.10. The van der Waals surface area contributed by atoms with Crippen molar-refractivity contribution in [2.24, 2.45) is 13.0 Å². The van der Waals surface area contributed by atoms with E-state index in [1.165, 1.54) is 0 Å². The summed E-state index contributed by atoms with van der Waals surface area (Å²) in [6, 6.07) is 0.145. The zero-order chi connectivity index (χ0) is 13.0. The van der Waals surface area contributed by atoms with E-state index >= 15 is 0 Å². The number of nitrogens with two attached hydrogens (primary N) is 1. The highest BCUT2D eigenvalue weighted by atomic mass is 16.2. The topological polar surface area (TPSA) is 72.9 Å². The first kappa shape index (κ1) is 13.5. The van der Waals surface area contributed by atoms with Gasteiger partial charge < -0.3 is 11.1 Å². The van der Waals surface area contributed by atoms with Crippen molar-refractivity contribution in [1.29, 1.82) is 0 Å². The van der Waals surface area contributed by atoms with Crippen LogP contribution in [0.3, 0.4) is 0 Å². The van der Waals surface area contributed by atoms with Gasteiger partial charge in [-0.1, -0.05) is 13.8 Å². The first-order chi connectivity index (χ1) is 7.90. The fraction of sp³-hybridized carbons (Fsp3) is 0.667. The quantitative estimate of drug-likeness (QED) is 0.817. The van der Waals surface area contributed by atoms with Crippen molar-refractivity contribution < 1.29 is 4.79 Å². The van der Waals surface area contributed by atoms with Gasteiger partial charge in [-0.25, -0.2) is 0 Å². The lowest BCUT2D eigenvalue weighted by Crippen LogP contribution is -2.33. The van der Waals surface area contributed by atoms with Gasteiger partial charge in [0.1, 0.15) is 0 Å². The van der Waals surface area contributed by atoms with Crippen LogP contribution in [-0.4, -0.2) is 21.7 Å². The summed E-state index contributed by atoms with van der Waals surface area (Å²) in [7, 11) is 1.75. The van der Waals surface area contributed by atoms with Crippen LogP contribution in [0.4, 0.5) is 5.69 Å². The average molecular weight is 238 g/mol. The normalized spacial score (nSPS) is 12.8. The van der Waals surface area contributed by atoms with Gasteiger partial charge in [0.25, 0.3) is 5.91 Å². The Morgan fingerprint density at radius 3 is 2.59 bits per heavy atom.